The molecule has 2 atom stereocenters. The van der Waals surface area contributed by atoms with Crippen LogP contribution in [-0.4, -0.2) is 41.8 Å². The summed E-state index contributed by atoms with van der Waals surface area (Å²) in [6, 6.07) is 9.27. The van der Waals surface area contributed by atoms with Gasteiger partial charge in [-0.15, -0.1) is 11.6 Å². The maximum Gasteiger partial charge on any atom is 0.328 e. The molecule has 1 saturated heterocycles. The molecular weight excluding hydrogens is 278 g/mol. The fourth-order valence-electron chi connectivity index (χ4n) is 2.46. The highest BCUT2D eigenvalue weighted by Crippen LogP contribution is 2.24. The molecule has 0 bridgehead atoms. The molecule has 0 radical (unpaired) electrons. The van der Waals surface area contributed by atoms with E-state index in [1.54, 1.807) is 4.90 Å². The van der Waals surface area contributed by atoms with Crippen LogP contribution < -0.4 is 0 Å². The van der Waals surface area contributed by atoms with Crippen LogP contribution >= 0.6 is 11.6 Å². The Morgan fingerprint density at radius 2 is 2.05 bits per heavy atom. The molecule has 1 heterocycles. The Morgan fingerprint density at radius 3 is 2.70 bits per heavy atom. The molecule has 1 amide bonds. The zero-order valence-electron chi connectivity index (χ0n) is 11.4. The molecule has 1 aromatic carbocycles. The third kappa shape index (κ3) is 3.51. The standard InChI is InChI=1S/C15H18ClNO3/c1-20-15(19)13-9-12(16)10-17(13)14(18)8-7-11-5-3-2-4-6-11/h2-6,12-13H,7-10H2,1H3/t12-,13-/m0/s1. The molecule has 4 nitrogen and oxygen atoms in total. The monoisotopic (exact) mass is 295 g/mol. The number of alkyl halides is 1. The Morgan fingerprint density at radius 1 is 1.35 bits per heavy atom. The first-order valence-corrected chi connectivity index (χ1v) is 7.10. The van der Waals surface area contributed by atoms with E-state index in [4.69, 9.17) is 16.3 Å². The average molecular weight is 296 g/mol. The van der Waals surface area contributed by atoms with Crippen LogP contribution in [0.25, 0.3) is 0 Å². The number of likely N-dealkylation sites (tertiary alicyclic amines) is 1. The van der Waals surface area contributed by atoms with Crippen LogP contribution in [0.1, 0.15) is 18.4 Å². The molecule has 0 unspecified atom stereocenters. The second-order valence-corrected chi connectivity index (χ2v) is 5.52. The smallest absolute Gasteiger partial charge is 0.328 e. The Bertz CT molecular complexity index is 477. The first-order chi connectivity index (χ1) is 9.61. The summed E-state index contributed by atoms with van der Waals surface area (Å²) in [5, 5.41) is -0.181. The summed E-state index contributed by atoms with van der Waals surface area (Å²) < 4.78 is 4.73. The van der Waals surface area contributed by atoms with Crippen molar-refractivity contribution >= 4 is 23.5 Å². The van der Waals surface area contributed by atoms with Crippen molar-refractivity contribution in [2.24, 2.45) is 0 Å². The summed E-state index contributed by atoms with van der Waals surface area (Å²) >= 11 is 6.06. The summed E-state index contributed by atoms with van der Waals surface area (Å²) in [6.07, 6.45) is 1.50. The lowest BCUT2D eigenvalue weighted by molar-refractivity contribution is -0.150. The molecule has 0 spiro atoms. The van der Waals surface area contributed by atoms with Crippen molar-refractivity contribution in [2.45, 2.75) is 30.7 Å². The van der Waals surface area contributed by atoms with Gasteiger partial charge >= 0.3 is 5.97 Å². The van der Waals surface area contributed by atoms with Gasteiger partial charge < -0.3 is 9.64 Å². The minimum atomic E-state index is -0.536. The lowest BCUT2D eigenvalue weighted by Crippen LogP contribution is -2.41. The molecule has 1 fully saturated rings. The topological polar surface area (TPSA) is 46.6 Å². The minimum absolute atomic E-state index is 0.0487. The van der Waals surface area contributed by atoms with E-state index in [1.165, 1.54) is 7.11 Å². The maximum absolute atomic E-state index is 12.3. The first-order valence-electron chi connectivity index (χ1n) is 6.67. The molecule has 0 saturated carbocycles. The molecule has 1 aliphatic heterocycles. The largest absolute Gasteiger partial charge is 0.467 e. The van der Waals surface area contributed by atoms with Crippen LogP contribution in [0, 0.1) is 0 Å². The fraction of sp³-hybridized carbons (Fsp3) is 0.467. The Hall–Kier alpha value is -1.55. The van der Waals surface area contributed by atoms with E-state index in [0.29, 0.717) is 25.8 Å². The zero-order valence-corrected chi connectivity index (χ0v) is 12.2. The average Bonchev–Trinajstić information content (AvgIpc) is 2.87. The number of rotatable bonds is 4. The Balaban J connectivity index is 1.95. The van der Waals surface area contributed by atoms with Crippen LogP contribution in [0.4, 0.5) is 0 Å². The number of benzene rings is 1. The van der Waals surface area contributed by atoms with Crippen LogP contribution in [-0.2, 0) is 20.7 Å². The van der Waals surface area contributed by atoms with Crippen molar-refractivity contribution in [3.8, 4) is 0 Å². The van der Waals surface area contributed by atoms with Crippen molar-refractivity contribution in [1.82, 2.24) is 4.90 Å². The van der Waals surface area contributed by atoms with Crippen LogP contribution in [0.3, 0.4) is 0 Å². The van der Waals surface area contributed by atoms with E-state index in [0.717, 1.165) is 5.56 Å². The SMILES string of the molecule is COC(=O)[C@@H]1C[C@H](Cl)CN1C(=O)CCc1ccccc1. The molecule has 108 valence electrons. The van der Waals surface area contributed by atoms with E-state index in [9.17, 15) is 9.59 Å². The zero-order chi connectivity index (χ0) is 14.5. The quantitative estimate of drug-likeness (QED) is 0.630. The van der Waals surface area contributed by atoms with E-state index in [2.05, 4.69) is 0 Å². The van der Waals surface area contributed by atoms with Gasteiger partial charge in [0.25, 0.3) is 0 Å². The number of ether oxygens (including phenoxy) is 1. The fourth-order valence-corrected chi connectivity index (χ4v) is 2.78. The van der Waals surface area contributed by atoms with Crippen molar-refractivity contribution in [3.05, 3.63) is 35.9 Å². The van der Waals surface area contributed by atoms with Gasteiger partial charge in [0.1, 0.15) is 6.04 Å². The number of methoxy groups -OCH3 is 1. The molecule has 2 rings (SSSR count). The molecule has 1 aliphatic rings. The third-order valence-corrected chi connectivity index (χ3v) is 3.83. The summed E-state index contributed by atoms with van der Waals surface area (Å²) in [5.41, 5.74) is 1.11. The van der Waals surface area contributed by atoms with Gasteiger partial charge in [0.2, 0.25) is 5.91 Å². The lowest BCUT2D eigenvalue weighted by atomic mass is 10.1. The second kappa shape index (κ2) is 6.75. The Kier molecular flexibility index (Phi) is 5.01. The van der Waals surface area contributed by atoms with E-state index in [-0.39, 0.29) is 17.3 Å². The van der Waals surface area contributed by atoms with Crippen molar-refractivity contribution in [1.29, 1.82) is 0 Å². The van der Waals surface area contributed by atoms with E-state index >= 15 is 0 Å². The first kappa shape index (κ1) is 14.9. The Labute approximate surface area is 123 Å². The maximum atomic E-state index is 12.3. The molecule has 20 heavy (non-hydrogen) atoms. The molecule has 0 aliphatic carbocycles. The number of carbonyl (C=O) groups excluding carboxylic acids is 2. The molecule has 1 aromatic rings. The van der Waals surface area contributed by atoms with E-state index < -0.39 is 6.04 Å². The highest BCUT2D eigenvalue weighted by Gasteiger charge is 2.39. The number of hydrogen-bond donors (Lipinski definition) is 0. The number of hydrogen-bond acceptors (Lipinski definition) is 3. The van der Waals surface area contributed by atoms with Gasteiger partial charge in [-0.1, -0.05) is 30.3 Å². The number of esters is 1. The summed E-state index contributed by atoms with van der Waals surface area (Å²) in [6.45, 7) is 0.412. The van der Waals surface area contributed by atoms with Gasteiger partial charge in [0.15, 0.2) is 0 Å². The summed E-state index contributed by atoms with van der Waals surface area (Å²) in [5.74, 6) is -0.436. The number of carbonyl (C=O) groups is 2. The van der Waals surface area contributed by atoms with Gasteiger partial charge in [0, 0.05) is 13.0 Å². The number of halogens is 1. The number of amides is 1. The van der Waals surface area contributed by atoms with Gasteiger partial charge in [-0.25, -0.2) is 4.79 Å². The van der Waals surface area contributed by atoms with Gasteiger partial charge in [-0.05, 0) is 18.4 Å². The number of nitrogens with zero attached hydrogens (tertiary/aromatic N) is 1. The predicted octanol–water partition coefficient (Wildman–Crippen LogP) is 2.00. The molecule has 5 heteroatoms. The van der Waals surface area contributed by atoms with Crippen LogP contribution in [0.5, 0.6) is 0 Å². The summed E-state index contributed by atoms with van der Waals surface area (Å²) in [4.78, 5) is 25.5. The normalized spacial score (nSPS) is 21.8. The predicted molar refractivity (Wildman–Crippen MR) is 76.5 cm³/mol. The second-order valence-electron chi connectivity index (χ2n) is 4.90. The van der Waals surface area contributed by atoms with Crippen molar-refractivity contribution in [2.75, 3.05) is 13.7 Å². The molecule has 0 aromatic heterocycles. The van der Waals surface area contributed by atoms with Crippen molar-refractivity contribution < 1.29 is 14.3 Å². The third-order valence-electron chi connectivity index (χ3n) is 3.51. The summed E-state index contributed by atoms with van der Waals surface area (Å²) in [7, 11) is 1.33. The van der Waals surface area contributed by atoms with Crippen molar-refractivity contribution in [3.63, 3.8) is 0 Å². The lowest BCUT2D eigenvalue weighted by Gasteiger charge is -2.22. The molecule has 0 N–H and O–H groups in total. The van der Waals surface area contributed by atoms with Crippen LogP contribution in [0.15, 0.2) is 30.3 Å². The highest BCUT2D eigenvalue weighted by molar-refractivity contribution is 6.21. The molecular formula is C15H18ClNO3. The van der Waals surface area contributed by atoms with Gasteiger partial charge in [-0.2, -0.15) is 0 Å². The van der Waals surface area contributed by atoms with Gasteiger partial charge in [-0.3, -0.25) is 4.79 Å². The minimum Gasteiger partial charge on any atom is -0.467 e. The van der Waals surface area contributed by atoms with Gasteiger partial charge in [0.05, 0.1) is 12.5 Å². The van der Waals surface area contributed by atoms with E-state index in [1.807, 2.05) is 30.3 Å². The number of aryl methyl sites for hydroxylation is 1. The highest BCUT2D eigenvalue weighted by atomic mass is 35.5. The van der Waals surface area contributed by atoms with Crippen LogP contribution in [0.2, 0.25) is 0 Å².